The van der Waals surface area contributed by atoms with E-state index < -0.39 is 21.4 Å². The van der Waals surface area contributed by atoms with E-state index in [0.29, 0.717) is 32.2 Å². The Bertz CT molecular complexity index is 621. The van der Waals surface area contributed by atoms with Gasteiger partial charge in [-0.05, 0) is 19.3 Å². The van der Waals surface area contributed by atoms with Crippen molar-refractivity contribution in [2.45, 2.75) is 37.6 Å². The Balaban J connectivity index is 2.30. The first-order valence-electron chi connectivity index (χ1n) is 7.03. The fraction of sp³-hybridized carbons (Fsp3) is 0.692. The molecule has 1 atom stereocenters. The second-order valence-corrected chi connectivity index (χ2v) is 7.54. The SMILES string of the molecule is CCC[C@]1(C(=O)O)CCCN(S(=O)(=O)c2cn(C)cn2)C1. The minimum absolute atomic E-state index is 0.0229. The van der Waals surface area contributed by atoms with Crippen LogP contribution in [-0.4, -0.2) is 46.4 Å². The van der Waals surface area contributed by atoms with Crippen molar-refractivity contribution in [3.8, 4) is 0 Å². The van der Waals surface area contributed by atoms with Gasteiger partial charge in [0.15, 0.2) is 5.03 Å². The lowest BCUT2D eigenvalue weighted by Gasteiger charge is -2.38. The molecule has 118 valence electrons. The Kier molecular flexibility index (Phi) is 4.38. The molecule has 2 rings (SSSR count). The van der Waals surface area contributed by atoms with Gasteiger partial charge in [0.25, 0.3) is 10.0 Å². The van der Waals surface area contributed by atoms with Gasteiger partial charge in [-0.2, -0.15) is 4.31 Å². The normalized spacial score (nSPS) is 24.1. The molecule has 0 aliphatic carbocycles. The molecule has 1 aliphatic rings. The number of nitrogens with zero attached hydrogens (tertiary/aromatic N) is 3. The second kappa shape index (κ2) is 5.76. The molecule has 21 heavy (non-hydrogen) atoms. The van der Waals surface area contributed by atoms with Gasteiger partial charge >= 0.3 is 5.97 Å². The third-order valence-electron chi connectivity index (χ3n) is 4.01. The van der Waals surface area contributed by atoms with Gasteiger partial charge in [-0.1, -0.05) is 13.3 Å². The van der Waals surface area contributed by atoms with Crippen molar-refractivity contribution >= 4 is 16.0 Å². The molecule has 7 nitrogen and oxygen atoms in total. The van der Waals surface area contributed by atoms with Crippen LogP contribution < -0.4 is 0 Å². The largest absolute Gasteiger partial charge is 0.481 e. The molecule has 1 aliphatic heterocycles. The molecule has 1 fully saturated rings. The molecule has 1 aromatic heterocycles. The number of hydrogen-bond donors (Lipinski definition) is 1. The maximum atomic E-state index is 12.6. The summed E-state index contributed by atoms with van der Waals surface area (Å²) >= 11 is 0. The Morgan fingerprint density at radius 3 is 2.76 bits per heavy atom. The van der Waals surface area contributed by atoms with Crippen LogP contribution in [0.3, 0.4) is 0 Å². The summed E-state index contributed by atoms with van der Waals surface area (Å²) in [5, 5.41) is 9.51. The zero-order chi connectivity index (χ0) is 15.7. The van der Waals surface area contributed by atoms with E-state index in [1.807, 2.05) is 6.92 Å². The summed E-state index contributed by atoms with van der Waals surface area (Å²) in [4.78, 5) is 15.5. The summed E-state index contributed by atoms with van der Waals surface area (Å²) in [6.45, 7) is 2.28. The molecule has 0 unspecified atom stereocenters. The van der Waals surface area contributed by atoms with Crippen LogP contribution in [0.15, 0.2) is 17.6 Å². The number of aromatic nitrogens is 2. The van der Waals surface area contributed by atoms with Gasteiger partial charge in [-0.25, -0.2) is 13.4 Å². The van der Waals surface area contributed by atoms with Crippen LogP contribution in [0.5, 0.6) is 0 Å². The molecular formula is C13H21N3O4S. The Labute approximate surface area is 124 Å². The van der Waals surface area contributed by atoms with Crippen molar-refractivity contribution in [1.29, 1.82) is 0 Å². The van der Waals surface area contributed by atoms with Crippen molar-refractivity contribution in [3.05, 3.63) is 12.5 Å². The lowest BCUT2D eigenvalue weighted by atomic mass is 9.77. The van der Waals surface area contributed by atoms with Crippen LogP contribution >= 0.6 is 0 Å². The van der Waals surface area contributed by atoms with Crippen molar-refractivity contribution in [1.82, 2.24) is 13.9 Å². The third-order valence-corrected chi connectivity index (χ3v) is 5.74. The van der Waals surface area contributed by atoms with E-state index >= 15 is 0 Å². The molecule has 0 saturated carbocycles. The average molecular weight is 315 g/mol. The number of carbonyl (C=O) groups is 1. The molecular weight excluding hydrogens is 294 g/mol. The maximum Gasteiger partial charge on any atom is 0.310 e. The maximum absolute atomic E-state index is 12.6. The van der Waals surface area contributed by atoms with Gasteiger partial charge in [0.1, 0.15) is 0 Å². The summed E-state index contributed by atoms with van der Waals surface area (Å²) in [7, 11) is -2.03. The van der Waals surface area contributed by atoms with Crippen LogP contribution in [0.2, 0.25) is 0 Å². The topological polar surface area (TPSA) is 92.5 Å². The van der Waals surface area contributed by atoms with Crippen LogP contribution in [0.25, 0.3) is 0 Å². The van der Waals surface area contributed by atoms with Crippen molar-refractivity contribution in [2.75, 3.05) is 13.1 Å². The van der Waals surface area contributed by atoms with Crippen molar-refractivity contribution in [3.63, 3.8) is 0 Å². The smallest absolute Gasteiger partial charge is 0.310 e. The molecule has 0 aromatic carbocycles. The number of aryl methyl sites for hydroxylation is 1. The molecule has 0 bridgehead atoms. The summed E-state index contributed by atoms with van der Waals surface area (Å²) in [5.74, 6) is -0.912. The number of aliphatic carboxylic acids is 1. The molecule has 0 spiro atoms. The quantitative estimate of drug-likeness (QED) is 0.877. The molecule has 0 radical (unpaired) electrons. The van der Waals surface area contributed by atoms with Gasteiger partial charge in [0, 0.05) is 26.3 Å². The van der Waals surface area contributed by atoms with E-state index in [0.717, 1.165) is 0 Å². The Morgan fingerprint density at radius 1 is 1.52 bits per heavy atom. The van der Waals surface area contributed by atoms with Crippen LogP contribution in [0.4, 0.5) is 0 Å². The number of imidazole rings is 1. The number of carboxylic acid groups (broad SMARTS) is 1. The van der Waals surface area contributed by atoms with Crippen LogP contribution in [0, 0.1) is 5.41 Å². The number of carboxylic acids is 1. The molecule has 2 heterocycles. The van der Waals surface area contributed by atoms with E-state index in [1.54, 1.807) is 11.6 Å². The molecule has 1 aromatic rings. The average Bonchev–Trinajstić information content (AvgIpc) is 2.86. The highest BCUT2D eigenvalue weighted by Gasteiger charge is 2.45. The predicted octanol–water partition coefficient (Wildman–Crippen LogP) is 1.08. The molecule has 1 N–H and O–H groups in total. The first kappa shape index (κ1) is 16.0. The lowest BCUT2D eigenvalue weighted by molar-refractivity contribution is -0.151. The van der Waals surface area contributed by atoms with E-state index in [9.17, 15) is 18.3 Å². The summed E-state index contributed by atoms with van der Waals surface area (Å²) < 4.78 is 28.0. The first-order chi connectivity index (χ1) is 9.82. The van der Waals surface area contributed by atoms with Gasteiger partial charge < -0.3 is 9.67 Å². The van der Waals surface area contributed by atoms with Crippen molar-refractivity contribution < 1.29 is 18.3 Å². The lowest BCUT2D eigenvalue weighted by Crippen LogP contribution is -2.49. The minimum atomic E-state index is -3.73. The van der Waals surface area contributed by atoms with E-state index in [2.05, 4.69) is 4.98 Å². The summed E-state index contributed by atoms with van der Waals surface area (Å²) in [6.07, 6.45) is 5.13. The van der Waals surface area contributed by atoms with Gasteiger partial charge in [0.2, 0.25) is 0 Å². The highest BCUT2D eigenvalue weighted by Crippen LogP contribution is 2.36. The second-order valence-electron chi connectivity index (χ2n) is 5.66. The number of sulfonamides is 1. The molecule has 1 saturated heterocycles. The third kappa shape index (κ3) is 2.96. The molecule has 0 amide bonds. The fourth-order valence-corrected chi connectivity index (χ4v) is 4.44. The minimum Gasteiger partial charge on any atom is -0.481 e. The number of piperidine rings is 1. The zero-order valence-corrected chi connectivity index (χ0v) is 13.1. The Hall–Kier alpha value is -1.41. The highest BCUT2D eigenvalue weighted by atomic mass is 32.2. The van der Waals surface area contributed by atoms with Crippen molar-refractivity contribution in [2.24, 2.45) is 12.5 Å². The zero-order valence-electron chi connectivity index (χ0n) is 12.3. The Morgan fingerprint density at radius 2 is 2.24 bits per heavy atom. The molecule has 8 heteroatoms. The van der Waals surface area contributed by atoms with Gasteiger partial charge in [-0.15, -0.1) is 0 Å². The van der Waals surface area contributed by atoms with Crippen LogP contribution in [0.1, 0.15) is 32.6 Å². The number of hydrogen-bond acceptors (Lipinski definition) is 4. The summed E-state index contributed by atoms with van der Waals surface area (Å²) in [5.41, 5.74) is -0.977. The summed E-state index contributed by atoms with van der Waals surface area (Å²) in [6, 6.07) is 0. The number of rotatable bonds is 5. The van der Waals surface area contributed by atoms with Crippen LogP contribution in [-0.2, 0) is 21.9 Å². The van der Waals surface area contributed by atoms with Gasteiger partial charge in [0.05, 0.1) is 11.7 Å². The standard InChI is InChI=1S/C13H21N3O4S/c1-3-5-13(12(17)18)6-4-7-16(9-13)21(19,20)11-8-15(2)10-14-11/h8,10H,3-7,9H2,1-2H3,(H,17,18)/t13-/m0/s1. The van der Waals surface area contributed by atoms with E-state index in [-0.39, 0.29) is 11.6 Å². The van der Waals surface area contributed by atoms with E-state index in [1.165, 1.54) is 16.8 Å². The highest BCUT2D eigenvalue weighted by molar-refractivity contribution is 7.89. The van der Waals surface area contributed by atoms with Gasteiger partial charge in [-0.3, -0.25) is 4.79 Å². The fourth-order valence-electron chi connectivity index (χ4n) is 2.91. The first-order valence-corrected chi connectivity index (χ1v) is 8.47. The predicted molar refractivity (Wildman–Crippen MR) is 76.2 cm³/mol. The monoisotopic (exact) mass is 315 g/mol. The van der Waals surface area contributed by atoms with E-state index in [4.69, 9.17) is 0 Å².